The molecule has 0 aliphatic carbocycles. The number of nitrogens with zero attached hydrogens (tertiary/aromatic N) is 2. The van der Waals surface area contributed by atoms with Gasteiger partial charge in [-0.05, 0) is 36.7 Å². The molecule has 1 aromatic carbocycles. The van der Waals surface area contributed by atoms with Crippen LogP contribution in [0, 0.1) is 0 Å². The molecule has 0 saturated carbocycles. The third-order valence-electron chi connectivity index (χ3n) is 3.30. The number of ether oxygens (including phenoxy) is 1. The molecule has 2 rings (SSSR count). The van der Waals surface area contributed by atoms with Gasteiger partial charge >= 0.3 is 5.69 Å². The van der Waals surface area contributed by atoms with Crippen LogP contribution in [-0.2, 0) is 6.54 Å². The number of benzene rings is 1. The van der Waals surface area contributed by atoms with E-state index < -0.39 is 0 Å². The molecule has 0 amide bonds. The van der Waals surface area contributed by atoms with Crippen molar-refractivity contribution in [3.63, 3.8) is 0 Å². The molecule has 1 N–H and O–H groups in total. The Hall–Kier alpha value is -2.14. The first-order valence-corrected chi connectivity index (χ1v) is 7.13. The van der Waals surface area contributed by atoms with Crippen molar-refractivity contribution >= 4 is 0 Å². The smallest absolute Gasteiger partial charge is 0.347 e. The van der Waals surface area contributed by atoms with E-state index in [1.807, 2.05) is 24.3 Å². The predicted molar refractivity (Wildman–Crippen MR) is 82.5 cm³/mol. The number of hydrogen-bond acceptors (Lipinski definition) is 4. The second-order valence-electron chi connectivity index (χ2n) is 4.84. The highest BCUT2D eigenvalue weighted by Crippen LogP contribution is 2.20. The molecule has 2 aromatic rings. The van der Waals surface area contributed by atoms with Crippen LogP contribution < -0.4 is 15.7 Å². The molecule has 1 heterocycles. The minimum Gasteiger partial charge on any atom is -0.497 e. The molecule has 5 heteroatoms. The number of methoxy groups -OCH3 is 1. The monoisotopic (exact) mass is 287 g/mol. The van der Waals surface area contributed by atoms with Crippen molar-refractivity contribution in [2.45, 2.75) is 25.9 Å². The molecule has 0 aliphatic rings. The molecule has 5 nitrogen and oxygen atoms in total. The summed E-state index contributed by atoms with van der Waals surface area (Å²) in [5.74, 6) is 0.814. The average molecular weight is 287 g/mol. The lowest BCUT2D eigenvalue weighted by Crippen LogP contribution is -2.31. The molecule has 1 unspecified atom stereocenters. The Balaban J connectivity index is 2.25. The summed E-state index contributed by atoms with van der Waals surface area (Å²) in [6.07, 6.45) is 4.30. The largest absolute Gasteiger partial charge is 0.497 e. The van der Waals surface area contributed by atoms with Gasteiger partial charge in [0.15, 0.2) is 0 Å². The van der Waals surface area contributed by atoms with Crippen molar-refractivity contribution in [2.24, 2.45) is 0 Å². The van der Waals surface area contributed by atoms with Crippen LogP contribution in [0.1, 0.15) is 24.9 Å². The topological polar surface area (TPSA) is 56.2 Å². The Labute approximate surface area is 124 Å². The van der Waals surface area contributed by atoms with Crippen LogP contribution in [0.25, 0.3) is 0 Å². The summed E-state index contributed by atoms with van der Waals surface area (Å²) in [6, 6.07) is 9.72. The second kappa shape index (κ2) is 7.59. The maximum absolute atomic E-state index is 11.8. The molecule has 0 fully saturated rings. The Morgan fingerprint density at radius 3 is 2.95 bits per heavy atom. The van der Waals surface area contributed by atoms with E-state index in [-0.39, 0.29) is 11.7 Å². The average Bonchev–Trinajstić information content (AvgIpc) is 2.53. The molecule has 112 valence electrons. The molecule has 0 spiro atoms. The van der Waals surface area contributed by atoms with Crippen LogP contribution in [0.3, 0.4) is 0 Å². The molecular weight excluding hydrogens is 266 g/mol. The Morgan fingerprint density at radius 1 is 1.38 bits per heavy atom. The first kappa shape index (κ1) is 15.3. The zero-order chi connectivity index (χ0) is 15.1. The van der Waals surface area contributed by atoms with E-state index in [1.165, 1.54) is 6.20 Å². The zero-order valence-corrected chi connectivity index (χ0v) is 12.5. The van der Waals surface area contributed by atoms with Gasteiger partial charge in [0.25, 0.3) is 0 Å². The van der Waals surface area contributed by atoms with Crippen molar-refractivity contribution in [2.75, 3.05) is 13.7 Å². The first-order valence-electron chi connectivity index (χ1n) is 7.13. The van der Waals surface area contributed by atoms with Gasteiger partial charge in [0, 0.05) is 18.9 Å². The van der Waals surface area contributed by atoms with Crippen LogP contribution in [0.5, 0.6) is 5.75 Å². The summed E-state index contributed by atoms with van der Waals surface area (Å²) in [5.41, 5.74) is 0.863. The maximum atomic E-state index is 11.8. The minimum atomic E-state index is -0.233. The number of hydrogen-bond donors (Lipinski definition) is 1. The molecule has 21 heavy (non-hydrogen) atoms. The third kappa shape index (κ3) is 4.16. The summed E-state index contributed by atoms with van der Waals surface area (Å²) < 4.78 is 6.89. The second-order valence-corrected chi connectivity index (χ2v) is 4.84. The van der Waals surface area contributed by atoms with E-state index in [4.69, 9.17) is 4.74 Å². The van der Waals surface area contributed by atoms with Gasteiger partial charge in [-0.25, -0.2) is 9.78 Å². The summed E-state index contributed by atoms with van der Waals surface area (Å²) >= 11 is 0. The summed E-state index contributed by atoms with van der Waals surface area (Å²) in [7, 11) is 1.65. The maximum Gasteiger partial charge on any atom is 0.347 e. The number of nitrogens with one attached hydrogen (secondary N) is 1. The van der Waals surface area contributed by atoms with Crippen LogP contribution >= 0.6 is 0 Å². The Morgan fingerprint density at radius 2 is 2.24 bits per heavy atom. The Kier molecular flexibility index (Phi) is 5.51. The van der Waals surface area contributed by atoms with Crippen LogP contribution in [0.2, 0.25) is 0 Å². The molecule has 1 atom stereocenters. The van der Waals surface area contributed by atoms with E-state index in [0.29, 0.717) is 6.54 Å². The predicted octanol–water partition coefficient (Wildman–Crippen LogP) is 1.99. The molecule has 1 aromatic heterocycles. The lowest BCUT2D eigenvalue weighted by atomic mass is 10.1. The summed E-state index contributed by atoms with van der Waals surface area (Å²) in [6.45, 7) is 3.54. The molecule has 0 saturated heterocycles. The van der Waals surface area contributed by atoms with Gasteiger partial charge in [0.2, 0.25) is 0 Å². The van der Waals surface area contributed by atoms with E-state index in [1.54, 1.807) is 23.9 Å². The van der Waals surface area contributed by atoms with Gasteiger partial charge in [0.05, 0.1) is 13.2 Å². The van der Waals surface area contributed by atoms with Crippen molar-refractivity contribution in [3.8, 4) is 5.75 Å². The minimum absolute atomic E-state index is 0.0435. The van der Waals surface area contributed by atoms with Crippen LogP contribution in [-0.4, -0.2) is 23.2 Å². The molecule has 0 bridgehead atoms. The number of rotatable bonds is 7. The van der Waals surface area contributed by atoms with Gasteiger partial charge in [-0.1, -0.05) is 19.1 Å². The molecule has 0 radical (unpaired) electrons. The lowest BCUT2D eigenvalue weighted by Gasteiger charge is -2.20. The van der Waals surface area contributed by atoms with Gasteiger partial charge < -0.3 is 10.1 Å². The van der Waals surface area contributed by atoms with Gasteiger partial charge in [-0.15, -0.1) is 0 Å². The lowest BCUT2D eigenvalue weighted by molar-refractivity contribution is 0.410. The third-order valence-corrected chi connectivity index (χ3v) is 3.30. The fraction of sp³-hybridized carbons (Fsp3) is 0.375. The normalized spacial score (nSPS) is 12.1. The van der Waals surface area contributed by atoms with E-state index in [0.717, 1.165) is 24.3 Å². The Bertz CT molecular complexity index is 625. The quantitative estimate of drug-likeness (QED) is 0.846. The fourth-order valence-electron chi connectivity index (χ4n) is 2.19. The van der Waals surface area contributed by atoms with Crippen molar-refractivity contribution in [1.82, 2.24) is 14.9 Å². The van der Waals surface area contributed by atoms with Crippen molar-refractivity contribution < 1.29 is 4.74 Å². The summed E-state index contributed by atoms with van der Waals surface area (Å²) in [4.78, 5) is 15.6. The van der Waals surface area contributed by atoms with Crippen molar-refractivity contribution in [1.29, 1.82) is 0 Å². The standard InChI is InChI=1S/C16H21N3O2/c1-3-8-17-15(12-19-10-5-9-18-16(19)20)13-6-4-7-14(11-13)21-2/h4-7,9-11,15,17H,3,8,12H2,1-2H3. The SMILES string of the molecule is CCCNC(Cn1cccnc1=O)c1cccc(OC)c1. The summed E-state index contributed by atoms with van der Waals surface area (Å²) in [5, 5.41) is 3.47. The van der Waals surface area contributed by atoms with Gasteiger partial charge in [0.1, 0.15) is 5.75 Å². The highest BCUT2D eigenvalue weighted by Gasteiger charge is 2.13. The highest BCUT2D eigenvalue weighted by atomic mass is 16.5. The highest BCUT2D eigenvalue weighted by molar-refractivity contribution is 5.30. The van der Waals surface area contributed by atoms with Crippen LogP contribution in [0.15, 0.2) is 47.5 Å². The fourth-order valence-corrected chi connectivity index (χ4v) is 2.19. The van der Waals surface area contributed by atoms with Crippen molar-refractivity contribution in [3.05, 3.63) is 58.8 Å². The van der Waals surface area contributed by atoms with Gasteiger partial charge in [-0.3, -0.25) is 4.57 Å². The molecule has 0 aliphatic heterocycles. The first-order chi connectivity index (χ1) is 10.2. The number of aromatic nitrogens is 2. The zero-order valence-electron chi connectivity index (χ0n) is 12.5. The van der Waals surface area contributed by atoms with E-state index >= 15 is 0 Å². The van der Waals surface area contributed by atoms with E-state index in [2.05, 4.69) is 17.2 Å². The molecular formula is C16H21N3O2. The van der Waals surface area contributed by atoms with Gasteiger partial charge in [-0.2, -0.15) is 0 Å². The van der Waals surface area contributed by atoms with E-state index in [9.17, 15) is 4.79 Å². The van der Waals surface area contributed by atoms with Crippen LogP contribution in [0.4, 0.5) is 0 Å².